The molecular weight excluding hydrogens is 428 g/mol. The molecule has 0 aliphatic heterocycles. The fraction of sp³-hybridized carbons (Fsp3) is 0.381. The summed E-state index contributed by atoms with van der Waals surface area (Å²) in [5, 5.41) is 13.4. The average Bonchev–Trinajstić information content (AvgIpc) is 3.03. The maximum atomic E-state index is 12.2. The van der Waals surface area contributed by atoms with E-state index in [1.54, 1.807) is 12.1 Å². The Morgan fingerprint density at radius 2 is 2.14 bits per heavy atom. The summed E-state index contributed by atoms with van der Waals surface area (Å²) >= 11 is 8.82. The van der Waals surface area contributed by atoms with Crippen LogP contribution in [0.25, 0.3) is 0 Å². The Hall–Kier alpha value is -2.01. The third-order valence-electron chi connectivity index (χ3n) is 4.63. The molecule has 0 saturated carbocycles. The number of carbonyl (C=O) groups excluding carboxylic acids is 2. The Morgan fingerprint density at radius 1 is 1.38 bits per heavy atom. The monoisotopic (exact) mass is 448 g/mol. The molecule has 1 aliphatic rings. The first-order chi connectivity index (χ1) is 14.0. The highest BCUT2D eigenvalue weighted by Crippen LogP contribution is 2.39. The number of hydrogen-bond donors (Lipinski definition) is 1. The number of nitriles is 1. The van der Waals surface area contributed by atoms with Crippen molar-refractivity contribution in [1.29, 1.82) is 5.26 Å². The number of carbonyl (C=O) groups is 2. The molecule has 0 fully saturated rings. The van der Waals surface area contributed by atoms with Gasteiger partial charge < -0.3 is 10.1 Å². The summed E-state index contributed by atoms with van der Waals surface area (Å²) in [5.41, 5.74) is 1.61. The molecule has 1 atom stereocenters. The fourth-order valence-corrected chi connectivity index (χ4v) is 5.46. The van der Waals surface area contributed by atoms with Gasteiger partial charge in [0.05, 0.1) is 12.0 Å². The van der Waals surface area contributed by atoms with E-state index in [-0.39, 0.29) is 13.0 Å². The minimum atomic E-state index is -0.429. The van der Waals surface area contributed by atoms with E-state index in [1.165, 1.54) is 28.0 Å². The van der Waals surface area contributed by atoms with Crippen molar-refractivity contribution in [3.05, 3.63) is 45.3 Å². The molecule has 1 aromatic heterocycles. The van der Waals surface area contributed by atoms with Gasteiger partial charge in [-0.1, -0.05) is 18.5 Å². The van der Waals surface area contributed by atoms with Gasteiger partial charge in [0.25, 0.3) is 5.91 Å². The number of ether oxygens (including phenoxy) is 1. The second-order valence-corrected chi connectivity index (χ2v) is 9.64. The van der Waals surface area contributed by atoms with Crippen molar-refractivity contribution >= 4 is 51.6 Å². The third-order valence-corrected chi connectivity index (χ3v) is 7.06. The van der Waals surface area contributed by atoms with Crippen LogP contribution in [0.4, 0.5) is 5.00 Å². The number of nitrogens with one attached hydrogen (secondary N) is 1. The van der Waals surface area contributed by atoms with Crippen LogP contribution in [0.3, 0.4) is 0 Å². The van der Waals surface area contributed by atoms with Crippen LogP contribution in [-0.2, 0) is 27.2 Å². The van der Waals surface area contributed by atoms with E-state index >= 15 is 0 Å². The molecule has 3 rings (SSSR count). The maximum Gasteiger partial charge on any atom is 0.307 e. The molecule has 0 bridgehead atoms. The molecule has 29 heavy (non-hydrogen) atoms. The van der Waals surface area contributed by atoms with E-state index < -0.39 is 11.9 Å². The van der Waals surface area contributed by atoms with Crippen LogP contribution >= 0.6 is 34.7 Å². The standard InChI is InChI=1S/C21H21ClN2O3S2/c1-13-2-7-16-17(11-23)21(29-18(16)10-13)24-19(25)12-27-20(26)8-9-28-15-5-3-14(22)4-6-15/h3-6,13H,2,7-10,12H2,1H3,(H,24,25)/t13-/m0/s1. The molecule has 1 aromatic carbocycles. The summed E-state index contributed by atoms with van der Waals surface area (Å²) in [7, 11) is 0. The van der Waals surface area contributed by atoms with E-state index in [0.717, 1.165) is 29.7 Å². The van der Waals surface area contributed by atoms with Crippen molar-refractivity contribution in [3.8, 4) is 6.07 Å². The molecule has 0 radical (unpaired) electrons. The van der Waals surface area contributed by atoms with Gasteiger partial charge in [-0.15, -0.1) is 23.1 Å². The number of thioether (sulfide) groups is 1. The summed E-state index contributed by atoms with van der Waals surface area (Å²) in [4.78, 5) is 26.2. The van der Waals surface area contributed by atoms with Gasteiger partial charge in [-0.05, 0) is 55.0 Å². The minimum absolute atomic E-state index is 0.204. The second-order valence-electron chi connectivity index (χ2n) is 6.93. The Labute approximate surface area is 183 Å². The lowest BCUT2D eigenvalue weighted by Crippen LogP contribution is -2.21. The first-order valence-corrected chi connectivity index (χ1v) is 11.5. The van der Waals surface area contributed by atoms with Crippen LogP contribution in [0.2, 0.25) is 5.02 Å². The first-order valence-electron chi connectivity index (χ1n) is 9.34. The number of thiophene rings is 1. The number of fused-ring (bicyclic) bond motifs is 1. The van der Waals surface area contributed by atoms with Crippen LogP contribution < -0.4 is 5.32 Å². The topological polar surface area (TPSA) is 79.2 Å². The third kappa shape index (κ3) is 5.99. The number of hydrogen-bond acceptors (Lipinski definition) is 6. The van der Waals surface area contributed by atoms with E-state index in [2.05, 4.69) is 18.3 Å². The van der Waals surface area contributed by atoms with Gasteiger partial charge in [0, 0.05) is 20.5 Å². The predicted molar refractivity (Wildman–Crippen MR) is 117 cm³/mol. The smallest absolute Gasteiger partial charge is 0.307 e. The lowest BCUT2D eigenvalue weighted by molar-refractivity contribution is -0.146. The van der Waals surface area contributed by atoms with E-state index in [1.807, 2.05) is 12.1 Å². The number of nitrogens with zero attached hydrogens (tertiary/aromatic N) is 1. The molecule has 0 spiro atoms. The quantitative estimate of drug-likeness (QED) is 0.473. The Balaban J connectivity index is 1.44. The Bertz CT molecular complexity index is 935. The number of halogens is 1. The molecular formula is C21H21ClN2O3S2. The fourth-order valence-electron chi connectivity index (χ4n) is 3.12. The lowest BCUT2D eigenvalue weighted by atomic mass is 9.89. The summed E-state index contributed by atoms with van der Waals surface area (Å²) < 4.78 is 5.06. The van der Waals surface area contributed by atoms with Crippen molar-refractivity contribution in [2.75, 3.05) is 17.7 Å². The molecule has 8 heteroatoms. The number of benzene rings is 1. The SMILES string of the molecule is C[C@H]1CCc2c(sc(NC(=O)COC(=O)CCSc3ccc(Cl)cc3)c2C#N)C1. The highest BCUT2D eigenvalue weighted by molar-refractivity contribution is 7.99. The highest BCUT2D eigenvalue weighted by Gasteiger charge is 2.24. The number of esters is 1. The van der Waals surface area contributed by atoms with Crippen molar-refractivity contribution in [3.63, 3.8) is 0 Å². The zero-order valence-electron chi connectivity index (χ0n) is 16.0. The van der Waals surface area contributed by atoms with Gasteiger partial charge in [0.15, 0.2) is 6.61 Å². The molecule has 2 aromatic rings. The van der Waals surface area contributed by atoms with Crippen LogP contribution in [-0.4, -0.2) is 24.2 Å². The van der Waals surface area contributed by atoms with Gasteiger partial charge in [0.2, 0.25) is 0 Å². The molecule has 1 N–H and O–H groups in total. The number of anilines is 1. The van der Waals surface area contributed by atoms with Gasteiger partial charge >= 0.3 is 5.97 Å². The molecule has 1 aliphatic carbocycles. The van der Waals surface area contributed by atoms with E-state index in [4.69, 9.17) is 16.3 Å². The Morgan fingerprint density at radius 3 is 2.86 bits per heavy atom. The normalized spacial score (nSPS) is 15.3. The number of rotatable bonds is 7. The second kappa shape index (κ2) is 10.1. The molecule has 0 unspecified atom stereocenters. The Kier molecular flexibility index (Phi) is 7.59. The summed E-state index contributed by atoms with van der Waals surface area (Å²) in [5.74, 6) is 0.285. The van der Waals surface area contributed by atoms with Crippen molar-refractivity contribution in [2.24, 2.45) is 5.92 Å². The zero-order valence-corrected chi connectivity index (χ0v) is 18.4. The average molecular weight is 449 g/mol. The van der Waals surface area contributed by atoms with Crippen LogP contribution in [0.5, 0.6) is 0 Å². The van der Waals surface area contributed by atoms with Crippen molar-refractivity contribution in [1.82, 2.24) is 0 Å². The first kappa shape index (κ1) is 21.7. The maximum absolute atomic E-state index is 12.2. The summed E-state index contributed by atoms with van der Waals surface area (Å²) in [6.07, 6.45) is 3.06. The molecule has 152 valence electrons. The van der Waals surface area contributed by atoms with Crippen molar-refractivity contribution in [2.45, 2.75) is 37.5 Å². The molecule has 1 amide bonds. The minimum Gasteiger partial charge on any atom is -0.456 e. The molecule has 0 saturated heterocycles. The largest absolute Gasteiger partial charge is 0.456 e. The van der Waals surface area contributed by atoms with Gasteiger partial charge in [-0.25, -0.2) is 0 Å². The zero-order chi connectivity index (χ0) is 20.8. The molecule has 5 nitrogen and oxygen atoms in total. The van der Waals surface area contributed by atoms with E-state index in [0.29, 0.717) is 27.3 Å². The highest BCUT2D eigenvalue weighted by atomic mass is 35.5. The van der Waals surface area contributed by atoms with Crippen molar-refractivity contribution < 1.29 is 14.3 Å². The van der Waals surface area contributed by atoms with Gasteiger partial charge in [-0.2, -0.15) is 5.26 Å². The van der Waals surface area contributed by atoms with Gasteiger partial charge in [-0.3, -0.25) is 9.59 Å². The molecule has 1 heterocycles. The van der Waals surface area contributed by atoms with E-state index in [9.17, 15) is 14.9 Å². The lowest BCUT2D eigenvalue weighted by Gasteiger charge is -2.17. The van der Waals surface area contributed by atoms with Crippen LogP contribution in [0.15, 0.2) is 29.2 Å². The summed E-state index contributed by atoms with van der Waals surface area (Å²) in [6.45, 7) is 1.84. The van der Waals surface area contributed by atoms with Crippen LogP contribution in [0, 0.1) is 17.2 Å². The van der Waals surface area contributed by atoms with Crippen LogP contribution in [0.1, 0.15) is 35.8 Å². The number of amides is 1. The van der Waals surface area contributed by atoms with Gasteiger partial charge in [0.1, 0.15) is 11.1 Å². The predicted octanol–water partition coefficient (Wildman–Crippen LogP) is 5.06. The summed E-state index contributed by atoms with van der Waals surface area (Å²) in [6, 6.07) is 9.58.